The fourth-order valence-electron chi connectivity index (χ4n) is 2.42. The summed E-state index contributed by atoms with van der Waals surface area (Å²) in [4.78, 5) is 11.1. The number of rotatable bonds is 5. The van der Waals surface area contributed by atoms with Crippen LogP contribution in [0, 0.1) is 0 Å². The Morgan fingerprint density at radius 1 is 1.38 bits per heavy atom. The molecule has 2 rings (SSSR count). The van der Waals surface area contributed by atoms with Crippen molar-refractivity contribution in [1.29, 1.82) is 0 Å². The number of amides is 1. The number of nitrogens with zero attached hydrogens (tertiary/aromatic N) is 1. The lowest BCUT2D eigenvalue weighted by molar-refractivity contribution is -0.190. The summed E-state index contributed by atoms with van der Waals surface area (Å²) < 4.78 is 40.2. The summed E-state index contributed by atoms with van der Waals surface area (Å²) in [5.41, 5.74) is 3.28. The van der Waals surface area contributed by atoms with Crippen molar-refractivity contribution in [2.75, 3.05) is 6.54 Å². The molecular formula is C14H16BrF3N2O. The van der Waals surface area contributed by atoms with Gasteiger partial charge in [-0.25, -0.2) is 5.01 Å². The predicted molar refractivity (Wildman–Crippen MR) is 76.4 cm³/mol. The first-order valence-electron chi connectivity index (χ1n) is 6.73. The van der Waals surface area contributed by atoms with Gasteiger partial charge in [-0.15, -0.1) is 0 Å². The standard InChI is InChI=1S/C14H16BrF3N2O/c15-11-5-1-3-10(9-11)4-2-6-12(14(16,17)18)20-8-7-13(21)19-20/h1,3,5,9,12H,2,4,6-8H2,(H,19,21)/t12-/m0/s1. The average molecular weight is 365 g/mol. The van der Waals surface area contributed by atoms with Crippen LogP contribution in [0.4, 0.5) is 13.2 Å². The molecule has 3 nitrogen and oxygen atoms in total. The summed E-state index contributed by atoms with van der Waals surface area (Å²) in [6.45, 7) is 0.111. The lowest BCUT2D eigenvalue weighted by Gasteiger charge is -2.28. The SMILES string of the molecule is O=C1CCN([C@@H](CCCc2cccc(Br)c2)C(F)(F)F)N1. The maximum atomic E-state index is 13.1. The topological polar surface area (TPSA) is 32.3 Å². The summed E-state index contributed by atoms with van der Waals surface area (Å²) in [5, 5.41) is 1.02. The molecule has 0 aromatic heterocycles. The number of halogens is 4. The molecule has 116 valence electrons. The number of nitrogens with one attached hydrogen (secondary N) is 1. The number of alkyl halides is 3. The number of aryl methyl sites for hydroxylation is 1. The van der Waals surface area contributed by atoms with Gasteiger partial charge in [0.25, 0.3) is 0 Å². The quantitative estimate of drug-likeness (QED) is 0.867. The van der Waals surface area contributed by atoms with Crippen LogP contribution in [0.15, 0.2) is 28.7 Å². The predicted octanol–water partition coefficient (Wildman–Crippen LogP) is 3.44. The lowest BCUT2D eigenvalue weighted by atomic mass is 10.0. The van der Waals surface area contributed by atoms with Crippen LogP contribution < -0.4 is 5.43 Å². The third-order valence-electron chi connectivity index (χ3n) is 3.43. The number of carbonyl (C=O) groups is 1. The number of hydrogen-bond acceptors (Lipinski definition) is 2. The van der Waals surface area contributed by atoms with E-state index in [4.69, 9.17) is 0 Å². The maximum Gasteiger partial charge on any atom is 0.405 e. The Balaban J connectivity index is 1.92. The van der Waals surface area contributed by atoms with Gasteiger partial charge in [0.2, 0.25) is 5.91 Å². The molecule has 0 saturated carbocycles. The van der Waals surface area contributed by atoms with E-state index < -0.39 is 12.2 Å². The van der Waals surface area contributed by atoms with E-state index in [0.717, 1.165) is 15.0 Å². The first kappa shape index (κ1) is 16.3. The van der Waals surface area contributed by atoms with E-state index in [1.165, 1.54) is 0 Å². The summed E-state index contributed by atoms with van der Waals surface area (Å²) >= 11 is 3.34. The number of hydrazine groups is 1. The third-order valence-corrected chi connectivity index (χ3v) is 3.93. The van der Waals surface area contributed by atoms with Gasteiger partial charge in [-0.05, 0) is 37.0 Å². The number of hydrogen-bond donors (Lipinski definition) is 1. The van der Waals surface area contributed by atoms with E-state index in [9.17, 15) is 18.0 Å². The second-order valence-electron chi connectivity index (χ2n) is 5.06. The first-order chi connectivity index (χ1) is 9.86. The summed E-state index contributed by atoms with van der Waals surface area (Å²) in [7, 11) is 0. The summed E-state index contributed by atoms with van der Waals surface area (Å²) in [6, 6.07) is 5.92. The Labute approximate surface area is 129 Å². The lowest BCUT2D eigenvalue weighted by Crippen LogP contribution is -2.49. The zero-order valence-corrected chi connectivity index (χ0v) is 12.9. The molecule has 1 saturated heterocycles. The Morgan fingerprint density at radius 2 is 2.14 bits per heavy atom. The molecule has 1 N–H and O–H groups in total. The molecule has 0 spiro atoms. The molecule has 0 unspecified atom stereocenters. The Hall–Kier alpha value is -1.08. The van der Waals surface area contributed by atoms with Crippen molar-refractivity contribution in [2.24, 2.45) is 0 Å². The van der Waals surface area contributed by atoms with Crippen molar-refractivity contribution in [3.8, 4) is 0 Å². The molecule has 21 heavy (non-hydrogen) atoms. The Morgan fingerprint density at radius 3 is 2.71 bits per heavy atom. The second kappa shape index (κ2) is 6.79. The molecular weight excluding hydrogens is 349 g/mol. The van der Waals surface area contributed by atoms with E-state index in [1.54, 1.807) is 0 Å². The van der Waals surface area contributed by atoms with Gasteiger partial charge in [0, 0.05) is 17.4 Å². The highest BCUT2D eigenvalue weighted by Gasteiger charge is 2.45. The first-order valence-corrected chi connectivity index (χ1v) is 7.53. The molecule has 0 aliphatic carbocycles. The second-order valence-corrected chi connectivity index (χ2v) is 5.97. The van der Waals surface area contributed by atoms with E-state index in [2.05, 4.69) is 21.4 Å². The van der Waals surface area contributed by atoms with Crippen molar-refractivity contribution in [1.82, 2.24) is 10.4 Å². The monoisotopic (exact) mass is 364 g/mol. The minimum atomic E-state index is -4.34. The zero-order valence-electron chi connectivity index (χ0n) is 11.3. The van der Waals surface area contributed by atoms with Gasteiger partial charge < -0.3 is 0 Å². The molecule has 1 fully saturated rings. The van der Waals surface area contributed by atoms with Crippen molar-refractivity contribution in [3.05, 3.63) is 34.3 Å². The van der Waals surface area contributed by atoms with Crippen molar-refractivity contribution in [3.63, 3.8) is 0 Å². The van der Waals surface area contributed by atoms with Crippen LogP contribution in [0.1, 0.15) is 24.8 Å². The fraction of sp³-hybridized carbons (Fsp3) is 0.500. The van der Waals surface area contributed by atoms with Crippen molar-refractivity contribution < 1.29 is 18.0 Å². The highest BCUT2D eigenvalue weighted by atomic mass is 79.9. The van der Waals surface area contributed by atoms with Gasteiger partial charge >= 0.3 is 6.18 Å². The minimum absolute atomic E-state index is 0.0315. The Kier molecular flexibility index (Phi) is 5.27. The molecule has 1 aliphatic rings. The largest absolute Gasteiger partial charge is 0.405 e. The van der Waals surface area contributed by atoms with Gasteiger partial charge in [-0.3, -0.25) is 10.2 Å². The van der Waals surface area contributed by atoms with Crippen LogP contribution in [0.2, 0.25) is 0 Å². The van der Waals surface area contributed by atoms with Crippen LogP contribution in [0.5, 0.6) is 0 Å². The summed E-state index contributed by atoms with van der Waals surface area (Å²) in [6.07, 6.45) is -3.26. The van der Waals surface area contributed by atoms with Crippen molar-refractivity contribution in [2.45, 2.75) is 37.9 Å². The molecule has 1 amide bonds. The fourth-order valence-corrected chi connectivity index (χ4v) is 2.86. The molecule has 0 bridgehead atoms. The normalized spacial score (nSPS) is 17.8. The molecule has 0 radical (unpaired) electrons. The van der Waals surface area contributed by atoms with Gasteiger partial charge in [-0.1, -0.05) is 28.1 Å². The van der Waals surface area contributed by atoms with E-state index in [1.807, 2.05) is 24.3 Å². The highest BCUT2D eigenvalue weighted by Crippen LogP contribution is 2.29. The smallest absolute Gasteiger partial charge is 0.288 e. The Bertz CT molecular complexity index is 507. The molecule has 1 aliphatic heterocycles. The van der Waals surface area contributed by atoms with Gasteiger partial charge in [0.05, 0.1) is 0 Å². The van der Waals surface area contributed by atoms with Crippen LogP contribution in [0.25, 0.3) is 0 Å². The van der Waals surface area contributed by atoms with Crippen LogP contribution in [0.3, 0.4) is 0 Å². The number of benzene rings is 1. The zero-order chi connectivity index (χ0) is 15.5. The molecule has 1 aromatic rings. The van der Waals surface area contributed by atoms with Gasteiger partial charge in [0.1, 0.15) is 6.04 Å². The highest BCUT2D eigenvalue weighted by molar-refractivity contribution is 9.10. The molecule has 1 aromatic carbocycles. The van der Waals surface area contributed by atoms with E-state index >= 15 is 0 Å². The maximum absolute atomic E-state index is 13.1. The van der Waals surface area contributed by atoms with Crippen molar-refractivity contribution >= 4 is 21.8 Å². The van der Waals surface area contributed by atoms with E-state index in [0.29, 0.717) is 12.8 Å². The summed E-state index contributed by atoms with van der Waals surface area (Å²) in [5.74, 6) is -0.351. The van der Waals surface area contributed by atoms with Gasteiger partial charge in [0.15, 0.2) is 0 Å². The molecule has 1 heterocycles. The van der Waals surface area contributed by atoms with Crippen LogP contribution in [-0.2, 0) is 11.2 Å². The molecule has 1 atom stereocenters. The third kappa shape index (κ3) is 4.71. The van der Waals surface area contributed by atoms with Gasteiger partial charge in [-0.2, -0.15) is 13.2 Å². The van der Waals surface area contributed by atoms with Crippen LogP contribution >= 0.6 is 15.9 Å². The van der Waals surface area contributed by atoms with Crippen LogP contribution in [-0.4, -0.2) is 29.7 Å². The number of carbonyl (C=O) groups excluding carboxylic acids is 1. The van der Waals surface area contributed by atoms with E-state index in [-0.39, 0.29) is 25.3 Å². The average Bonchev–Trinajstić information content (AvgIpc) is 2.79. The minimum Gasteiger partial charge on any atom is -0.288 e. The molecule has 7 heteroatoms.